The van der Waals surface area contributed by atoms with Gasteiger partial charge in [0.05, 0.1) is 37.9 Å². The van der Waals surface area contributed by atoms with E-state index in [0.717, 1.165) is 5.56 Å². The summed E-state index contributed by atoms with van der Waals surface area (Å²) in [6, 6.07) is 7.40. The number of alkyl halides is 3. The summed E-state index contributed by atoms with van der Waals surface area (Å²) in [5.41, 5.74) is 0.233. The van der Waals surface area contributed by atoms with Crippen LogP contribution in [0.5, 0.6) is 5.75 Å². The van der Waals surface area contributed by atoms with Crippen LogP contribution in [-0.2, 0) is 34.8 Å². The van der Waals surface area contributed by atoms with Gasteiger partial charge in [-0.1, -0.05) is 32.9 Å². The molecule has 1 saturated heterocycles. The molecule has 0 aromatic heterocycles. The lowest BCUT2D eigenvalue weighted by Crippen LogP contribution is -2.48. The summed E-state index contributed by atoms with van der Waals surface area (Å²) in [5, 5.41) is -0.370. The fourth-order valence-electron chi connectivity index (χ4n) is 4.29. The molecule has 1 aromatic rings. The molecular formula is C30H49F3O7Si. The lowest BCUT2D eigenvalue weighted by atomic mass is 9.97. The van der Waals surface area contributed by atoms with E-state index in [2.05, 4.69) is 0 Å². The zero-order valence-corrected chi connectivity index (χ0v) is 27.2. The van der Waals surface area contributed by atoms with Gasteiger partial charge >= 0.3 is 12.1 Å². The smallest absolute Gasteiger partial charge is 0.413 e. The van der Waals surface area contributed by atoms with Gasteiger partial charge in [0.15, 0.2) is 8.32 Å². The fraction of sp³-hybridized carbons (Fsp3) is 0.767. The number of hydrogen-bond donors (Lipinski definition) is 0. The van der Waals surface area contributed by atoms with Crippen LogP contribution in [0.3, 0.4) is 0 Å². The number of rotatable bonds is 13. The highest BCUT2D eigenvalue weighted by Crippen LogP contribution is 2.41. The molecule has 1 fully saturated rings. The van der Waals surface area contributed by atoms with Gasteiger partial charge in [-0.25, -0.2) is 0 Å². The number of ether oxygens (including phenoxy) is 5. The summed E-state index contributed by atoms with van der Waals surface area (Å²) in [4.78, 5) is 12.3. The average Bonchev–Trinajstić information content (AvgIpc) is 3.19. The second-order valence-electron chi connectivity index (χ2n) is 13.2. The highest BCUT2D eigenvalue weighted by atomic mass is 28.4. The molecule has 11 heteroatoms. The van der Waals surface area contributed by atoms with Crippen molar-refractivity contribution < 1.29 is 46.1 Å². The van der Waals surface area contributed by atoms with Crippen molar-refractivity contribution in [2.24, 2.45) is 5.41 Å². The maximum atomic E-state index is 14.1. The minimum absolute atomic E-state index is 0.0674. The molecule has 0 bridgehead atoms. The topological polar surface area (TPSA) is 72.5 Å². The number of methoxy groups -OCH3 is 2. The van der Waals surface area contributed by atoms with E-state index in [1.807, 2.05) is 58.1 Å². The first-order chi connectivity index (χ1) is 18.8. The third kappa shape index (κ3) is 10.2. The highest BCUT2D eigenvalue weighted by Gasteiger charge is 2.50. The van der Waals surface area contributed by atoms with Gasteiger partial charge in [-0.3, -0.25) is 4.79 Å². The molecule has 2 rings (SSSR count). The van der Waals surface area contributed by atoms with E-state index in [1.165, 1.54) is 7.11 Å². The molecule has 2 unspecified atom stereocenters. The first-order valence-electron chi connectivity index (χ1n) is 14.1. The summed E-state index contributed by atoms with van der Waals surface area (Å²) in [6.07, 6.45) is -8.69. The molecule has 0 N–H and O–H groups in total. The van der Waals surface area contributed by atoms with Gasteiger partial charge in [-0.15, -0.1) is 0 Å². The van der Waals surface area contributed by atoms with Gasteiger partial charge in [0.25, 0.3) is 0 Å². The molecule has 41 heavy (non-hydrogen) atoms. The van der Waals surface area contributed by atoms with Gasteiger partial charge in [-0.05, 0) is 69.4 Å². The molecule has 1 aliphatic heterocycles. The van der Waals surface area contributed by atoms with Crippen molar-refractivity contribution in [2.75, 3.05) is 20.8 Å². The van der Waals surface area contributed by atoms with Gasteiger partial charge in [-0.2, -0.15) is 13.2 Å². The quantitative estimate of drug-likeness (QED) is 0.176. The Morgan fingerprint density at radius 3 is 2.02 bits per heavy atom. The Morgan fingerprint density at radius 1 is 0.951 bits per heavy atom. The summed E-state index contributed by atoms with van der Waals surface area (Å²) in [5.74, 6) is 0.368. The molecule has 1 aromatic carbocycles. The largest absolute Gasteiger partial charge is 0.497 e. The second kappa shape index (κ2) is 14.2. The van der Waals surface area contributed by atoms with E-state index >= 15 is 0 Å². The molecule has 5 atom stereocenters. The lowest BCUT2D eigenvalue weighted by Gasteiger charge is -2.40. The molecule has 0 spiro atoms. The predicted octanol–water partition coefficient (Wildman–Crippen LogP) is 7.08. The maximum Gasteiger partial charge on any atom is 0.413 e. The minimum atomic E-state index is -4.51. The molecule has 0 amide bonds. The number of benzene rings is 1. The van der Waals surface area contributed by atoms with E-state index in [4.69, 9.17) is 28.1 Å². The van der Waals surface area contributed by atoms with Crippen LogP contribution in [0.25, 0.3) is 0 Å². The van der Waals surface area contributed by atoms with Crippen LogP contribution in [0.2, 0.25) is 18.1 Å². The predicted molar refractivity (Wildman–Crippen MR) is 153 cm³/mol. The van der Waals surface area contributed by atoms with E-state index in [-0.39, 0.29) is 37.1 Å². The van der Waals surface area contributed by atoms with Crippen LogP contribution in [0.4, 0.5) is 13.2 Å². The van der Waals surface area contributed by atoms with Crippen molar-refractivity contribution in [1.82, 2.24) is 0 Å². The second-order valence-corrected chi connectivity index (χ2v) is 18.0. The van der Waals surface area contributed by atoms with Crippen molar-refractivity contribution in [3.63, 3.8) is 0 Å². The van der Waals surface area contributed by atoms with Crippen LogP contribution in [-0.4, -0.2) is 71.8 Å². The SMILES string of the molecule is COc1ccc(COC2[C@H](CCOC(=O)C(C)(C)C)O[C@H](CCC(O[Si](C)(C)C(C)(C)C)C(F)(F)F)[C@@H]2OC)cc1. The van der Waals surface area contributed by atoms with E-state index in [9.17, 15) is 18.0 Å². The molecule has 7 nitrogen and oxygen atoms in total. The van der Waals surface area contributed by atoms with Crippen molar-refractivity contribution in [3.05, 3.63) is 29.8 Å². The van der Waals surface area contributed by atoms with Gasteiger partial charge in [0.1, 0.15) is 24.1 Å². The van der Waals surface area contributed by atoms with Crippen LogP contribution in [0, 0.1) is 5.41 Å². The third-order valence-electron chi connectivity index (χ3n) is 7.85. The fourth-order valence-corrected chi connectivity index (χ4v) is 5.61. The van der Waals surface area contributed by atoms with Gasteiger partial charge < -0.3 is 28.1 Å². The molecule has 236 valence electrons. The zero-order valence-electron chi connectivity index (χ0n) is 26.2. The van der Waals surface area contributed by atoms with E-state index in [1.54, 1.807) is 27.9 Å². The highest BCUT2D eigenvalue weighted by molar-refractivity contribution is 6.74. The molecule has 0 saturated carbocycles. The van der Waals surface area contributed by atoms with E-state index in [0.29, 0.717) is 12.2 Å². The molecule has 1 heterocycles. The molecule has 1 aliphatic rings. The minimum Gasteiger partial charge on any atom is -0.497 e. The number of hydrogen-bond acceptors (Lipinski definition) is 7. The molecule has 0 aliphatic carbocycles. The zero-order chi connectivity index (χ0) is 31.2. The summed E-state index contributed by atoms with van der Waals surface area (Å²) in [6.45, 7) is 15.0. The van der Waals surface area contributed by atoms with Crippen LogP contribution >= 0.6 is 0 Å². The Balaban J connectivity index is 2.19. The van der Waals surface area contributed by atoms with Crippen LogP contribution in [0.15, 0.2) is 24.3 Å². The van der Waals surface area contributed by atoms with E-state index < -0.39 is 50.4 Å². The number of carbonyl (C=O) groups is 1. The number of carbonyl (C=O) groups excluding carboxylic acids is 1. The molecule has 0 radical (unpaired) electrons. The maximum absolute atomic E-state index is 14.1. The Bertz CT molecular complexity index is 955. The van der Waals surface area contributed by atoms with Gasteiger partial charge in [0.2, 0.25) is 0 Å². The lowest BCUT2D eigenvalue weighted by molar-refractivity contribution is -0.202. The summed E-state index contributed by atoms with van der Waals surface area (Å²) < 4.78 is 77.0. The summed E-state index contributed by atoms with van der Waals surface area (Å²) >= 11 is 0. The van der Waals surface area contributed by atoms with Crippen molar-refractivity contribution in [2.45, 2.75) is 122 Å². The number of halogens is 3. The van der Waals surface area contributed by atoms with Crippen LogP contribution in [0.1, 0.15) is 66.4 Å². The van der Waals surface area contributed by atoms with Crippen molar-refractivity contribution in [1.29, 1.82) is 0 Å². The Hall–Kier alpha value is -1.66. The average molecular weight is 607 g/mol. The van der Waals surface area contributed by atoms with Crippen LogP contribution < -0.4 is 4.74 Å². The first-order valence-corrected chi connectivity index (χ1v) is 17.1. The Kier molecular flexibility index (Phi) is 12.3. The first kappa shape index (κ1) is 35.5. The van der Waals surface area contributed by atoms with Gasteiger partial charge in [0, 0.05) is 13.5 Å². The number of esters is 1. The van der Waals surface area contributed by atoms with Crippen molar-refractivity contribution in [3.8, 4) is 5.75 Å². The summed E-state index contributed by atoms with van der Waals surface area (Å²) in [7, 11) is 0.404. The van der Waals surface area contributed by atoms with Crippen molar-refractivity contribution >= 4 is 14.3 Å². The normalized spacial score (nSPS) is 23.0. The Labute approximate surface area is 244 Å². The third-order valence-corrected chi connectivity index (χ3v) is 12.3. The standard InChI is InChI=1S/C30H49F3O7Si/c1-28(2,3)27(34)37-18-17-23-26(38-19-20-11-13-21(35-7)14-12-20)25(36-8)22(39-23)15-16-24(30(31,32)33)40-41(9,10)29(4,5)6/h11-14,22-26H,15-19H2,1-10H3/t22-,23+,24?,25+,26?/m1/s1. The monoisotopic (exact) mass is 606 g/mol. The molecular weight excluding hydrogens is 557 g/mol. The Morgan fingerprint density at radius 2 is 1.54 bits per heavy atom.